The highest BCUT2D eigenvalue weighted by molar-refractivity contribution is 9.10. The van der Waals surface area contributed by atoms with Crippen molar-refractivity contribution in [3.63, 3.8) is 0 Å². The van der Waals surface area contributed by atoms with E-state index in [0.29, 0.717) is 6.04 Å². The van der Waals surface area contributed by atoms with Gasteiger partial charge in [-0.05, 0) is 27.6 Å². The first kappa shape index (κ1) is 11.9. The molecule has 0 aliphatic carbocycles. The van der Waals surface area contributed by atoms with Gasteiger partial charge in [-0.1, -0.05) is 6.07 Å². The summed E-state index contributed by atoms with van der Waals surface area (Å²) in [6.45, 7) is 3.07. The van der Waals surface area contributed by atoms with Crippen LogP contribution in [0.2, 0.25) is 0 Å². The molecule has 14 heavy (non-hydrogen) atoms. The lowest BCUT2D eigenvalue weighted by molar-refractivity contribution is 0.429. The Bertz CT molecular complexity index is 272. The molecule has 0 aromatic carbocycles. The molecule has 2 rings (SSSR count). The molecular formula is C9H13BrClN3. The SMILES string of the molecule is Brc1ccc([C@H]2CNCCN2)cn1.Cl. The maximum absolute atomic E-state index is 4.20. The minimum Gasteiger partial charge on any atom is -0.314 e. The molecule has 0 unspecified atom stereocenters. The Hall–Kier alpha value is -0.160. The predicted molar refractivity (Wildman–Crippen MR) is 62.8 cm³/mol. The van der Waals surface area contributed by atoms with Crippen molar-refractivity contribution in [2.45, 2.75) is 6.04 Å². The van der Waals surface area contributed by atoms with Crippen LogP contribution >= 0.6 is 28.3 Å². The quantitative estimate of drug-likeness (QED) is 0.765. The van der Waals surface area contributed by atoms with Crippen LogP contribution in [-0.2, 0) is 0 Å². The van der Waals surface area contributed by atoms with Gasteiger partial charge in [0.15, 0.2) is 0 Å². The molecule has 0 saturated carbocycles. The molecule has 2 N–H and O–H groups in total. The molecule has 1 aromatic heterocycles. The van der Waals surface area contributed by atoms with Gasteiger partial charge in [0.25, 0.3) is 0 Å². The first-order valence-corrected chi connectivity index (χ1v) is 5.21. The number of halogens is 2. The fraction of sp³-hybridized carbons (Fsp3) is 0.444. The third-order valence-electron chi connectivity index (χ3n) is 2.19. The summed E-state index contributed by atoms with van der Waals surface area (Å²) in [5.74, 6) is 0. The van der Waals surface area contributed by atoms with Crippen LogP contribution in [0.25, 0.3) is 0 Å². The van der Waals surface area contributed by atoms with Crippen LogP contribution in [0, 0.1) is 0 Å². The Morgan fingerprint density at radius 1 is 1.36 bits per heavy atom. The van der Waals surface area contributed by atoms with Gasteiger partial charge in [-0.25, -0.2) is 4.98 Å². The Labute approximate surface area is 98.2 Å². The number of hydrogen-bond donors (Lipinski definition) is 2. The van der Waals surface area contributed by atoms with Crippen LogP contribution in [-0.4, -0.2) is 24.6 Å². The number of nitrogens with one attached hydrogen (secondary N) is 2. The zero-order valence-electron chi connectivity index (χ0n) is 7.66. The summed E-state index contributed by atoms with van der Waals surface area (Å²) in [6.07, 6.45) is 1.91. The summed E-state index contributed by atoms with van der Waals surface area (Å²) < 4.78 is 0.889. The molecule has 1 aromatic rings. The lowest BCUT2D eigenvalue weighted by atomic mass is 10.1. The zero-order valence-corrected chi connectivity index (χ0v) is 10.1. The average Bonchev–Trinajstić information content (AvgIpc) is 2.20. The van der Waals surface area contributed by atoms with Crippen LogP contribution in [0.1, 0.15) is 11.6 Å². The van der Waals surface area contributed by atoms with Crippen LogP contribution in [0.3, 0.4) is 0 Å². The largest absolute Gasteiger partial charge is 0.314 e. The zero-order chi connectivity index (χ0) is 9.10. The van der Waals surface area contributed by atoms with Crippen LogP contribution in [0.4, 0.5) is 0 Å². The lowest BCUT2D eigenvalue weighted by Crippen LogP contribution is -2.42. The summed E-state index contributed by atoms with van der Waals surface area (Å²) in [4.78, 5) is 4.20. The van der Waals surface area contributed by atoms with Crippen molar-refractivity contribution in [1.82, 2.24) is 15.6 Å². The number of rotatable bonds is 1. The molecule has 5 heteroatoms. The van der Waals surface area contributed by atoms with Gasteiger partial charge in [0.1, 0.15) is 4.60 Å². The summed E-state index contributed by atoms with van der Waals surface area (Å²) in [5, 5.41) is 6.78. The van der Waals surface area contributed by atoms with Crippen molar-refractivity contribution in [3.05, 3.63) is 28.5 Å². The highest BCUT2D eigenvalue weighted by Crippen LogP contribution is 2.14. The van der Waals surface area contributed by atoms with Crippen molar-refractivity contribution < 1.29 is 0 Å². The lowest BCUT2D eigenvalue weighted by Gasteiger charge is -2.24. The molecule has 0 spiro atoms. The minimum absolute atomic E-state index is 0. The van der Waals surface area contributed by atoms with E-state index in [0.717, 1.165) is 24.2 Å². The number of aromatic nitrogens is 1. The van der Waals surface area contributed by atoms with E-state index < -0.39 is 0 Å². The second-order valence-corrected chi connectivity index (χ2v) is 3.94. The topological polar surface area (TPSA) is 37.0 Å². The number of hydrogen-bond acceptors (Lipinski definition) is 3. The van der Waals surface area contributed by atoms with Gasteiger partial charge in [-0.2, -0.15) is 0 Å². The highest BCUT2D eigenvalue weighted by atomic mass is 79.9. The Kier molecular flexibility index (Phi) is 4.81. The van der Waals surface area contributed by atoms with Crippen molar-refractivity contribution in [2.24, 2.45) is 0 Å². The van der Waals surface area contributed by atoms with E-state index in [1.807, 2.05) is 12.3 Å². The van der Waals surface area contributed by atoms with Crippen molar-refractivity contribution in [1.29, 1.82) is 0 Å². The van der Waals surface area contributed by atoms with Gasteiger partial charge in [-0.3, -0.25) is 0 Å². The van der Waals surface area contributed by atoms with Gasteiger partial charge >= 0.3 is 0 Å². The van der Waals surface area contributed by atoms with Gasteiger partial charge in [0.05, 0.1) is 0 Å². The standard InChI is InChI=1S/C9H12BrN3.ClH/c10-9-2-1-7(5-13-9)8-6-11-3-4-12-8;/h1-2,5,8,11-12H,3-4,6H2;1H/t8-;/m1./s1. The smallest absolute Gasteiger partial charge is 0.106 e. The number of nitrogens with zero attached hydrogens (tertiary/aromatic N) is 1. The summed E-state index contributed by atoms with van der Waals surface area (Å²) in [7, 11) is 0. The molecule has 0 amide bonds. The maximum Gasteiger partial charge on any atom is 0.106 e. The van der Waals surface area contributed by atoms with Crippen molar-refractivity contribution in [2.75, 3.05) is 19.6 Å². The monoisotopic (exact) mass is 277 g/mol. The van der Waals surface area contributed by atoms with Gasteiger partial charge in [0, 0.05) is 31.9 Å². The number of piperazine rings is 1. The second kappa shape index (κ2) is 5.66. The minimum atomic E-state index is 0. The average molecular weight is 279 g/mol. The van der Waals surface area contributed by atoms with Crippen LogP contribution in [0.5, 0.6) is 0 Å². The third-order valence-corrected chi connectivity index (χ3v) is 2.66. The molecule has 3 nitrogen and oxygen atoms in total. The molecule has 1 atom stereocenters. The molecule has 1 saturated heterocycles. The predicted octanol–water partition coefficient (Wildman–Crippen LogP) is 1.50. The summed E-state index contributed by atoms with van der Waals surface area (Å²) in [6, 6.07) is 4.49. The fourth-order valence-corrected chi connectivity index (χ4v) is 1.72. The van der Waals surface area contributed by atoms with Crippen molar-refractivity contribution in [3.8, 4) is 0 Å². The van der Waals surface area contributed by atoms with Gasteiger partial charge < -0.3 is 10.6 Å². The normalized spacial score (nSPS) is 21.4. The highest BCUT2D eigenvalue weighted by Gasteiger charge is 2.13. The first-order valence-electron chi connectivity index (χ1n) is 4.42. The fourth-order valence-electron chi connectivity index (χ4n) is 1.48. The molecule has 0 bridgehead atoms. The maximum atomic E-state index is 4.20. The van der Waals surface area contributed by atoms with E-state index in [1.165, 1.54) is 5.56 Å². The molecule has 1 aliphatic heterocycles. The van der Waals surface area contributed by atoms with E-state index in [1.54, 1.807) is 0 Å². The first-order chi connectivity index (χ1) is 6.36. The van der Waals surface area contributed by atoms with Crippen LogP contribution < -0.4 is 10.6 Å². The van der Waals surface area contributed by atoms with Gasteiger partial charge in [-0.15, -0.1) is 12.4 Å². The van der Waals surface area contributed by atoms with E-state index >= 15 is 0 Å². The van der Waals surface area contributed by atoms with Crippen molar-refractivity contribution >= 4 is 28.3 Å². The Morgan fingerprint density at radius 2 is 2.21 bits per heavy atom. The molecular weight excluding hydrogens is 265 g/mol. The number of pyridine rings is 1. The van der Waals surface area contributed by atoms with E-state index in [4.69, 9.17) is 0 Å². The third kappa shape index (κ3) is 2.92. The molecule has 78 valence electrons. The van der Waals surface area contributed by atoms with E-state index in [2.05, 4.69) is 37.6 Å². The summed E-state index contributed by atoms with van der Waals surface area (Å²) in [5.41, 5.74) is 1.25. The summed E-state index contributed by atoms with van der Waals surface area (Å²) >= 11 is 3.32. The molecule has 1 fully saturated rings. The van der Waals surface area contributed by atoms with Crippen LogP contribution in [0.15, 0.2) is 22.9 Å². The van der Waals surface area contributed by atoms with E-state index in [-0.39, 0.29) is 12.4 Å². The Morgan fingerprint density at radius 3 is 2.79 bits per heavy atom. The van der Waals surface area contributed by atoms with E-state index in [9.17, 15) is 0 Å². The van der Waals surface area contributed by atoms with Gasteiger partial charge in [0.2, 0.25) is 0 Å². The molecule has 1 aliphatic rings. The Balaban J connectivity index is 0.000000980. The second-order valence-electron chi connectivity index (χ2n) is 3.13. The molecule has 2 heterocycles. The molecule has 0 radical (unpaired) electrons.